The molecular formula is C32H35F2N5O3S. The van der Waals surface area contributed by atoms with Crippen LogP contribution in [-0.4, -0.2) is 70.2 Å². The van der Waals surface area contributed by atoms with Gasteiger partial charge in [0.05, 0.1) is 16.8 Å². The molecule has 8 nitrogen and oxygen atoms in total. The van der Waals surface area contributed by atoms with Gasteiger partial charge in [-0.2, -0.15) is 5.10 Å². The first kappa shape index (κ1) is 29.6. The first-order chi connectivity index (χ1) is 20.9. The summed E-state index contributed by atoms with van der Waals surface area (Å²) in [6.07, 6.45) is 4.32. The first-order valence-corrected chi connectivity index (χ1v) is 16.1. The average Bonchev–Trinajstić information content (AvgIpc) is 3.66. The Balaban J connectivity index is 1.22. The summed E-state index contributed by atoms with van der Waals surface area (Å²) in [6, 6.07) is 14.5. The number of likely N-dealkylation sites (tertiary alicyclic amines) is 1. The van der Waals surface area contributed by atoms with Crippen molar-refractivity contribution in [2.24, 2.45) is 0 Å². The Bertz CT molecular complexity index is 1570. The maximum atomic E-state index is 13.7. The second kappa shape index (κ2) is 13.4. The SMILES string of the molecule is O=C(Nc1n[nH]c2ccc(Cc3cc(F)cc(F)c3)cc12)c1ccc([S+]([O-])CCN2CCCC2)cc1NC1CCOCC1. The lowest BCUT2D eigenvalue weighted by atomic mass is 10.0. The Morgan fingerprint density at radius 1 is 1.02 bits per heavy atom. The van der Waals surface area contributed by atoms with Crippen LogP contribution in [-0.2, 0) is 22.3 Å². The second-order valence-corrected chi connectivity index (χ2v) is 12.8. The van der Waals surface area contributed by atoms with Gasteiger partial charge in [-0.05, 0) is 104 Å². The van der Waals surface area contributed by atoms with Crippen LogP contribution < -0.4 is 10.6 Å². The summed E-state index contributed by atoms with van der Waals surface area (Å²) < 4.78 is 46.2. The molecule has 0 radical (unpaired) electrons. The number of anilines is 2. The Morgan fingerprint density at radius 2 is 1.79 bits per heavy atom. The van der Waals surface area contributed by atoms with Gasteiger partial charge < -0.3 is 19.9 Å². The van der Waals surface area contributed by atoms with E-state index < -0.39 is 22.8 Å². The van der Waals surface area contributed by atoms with Crippen molar-refractivity contribution in [3.05, 3.63) is 82.9 Å². The highest BCUT2D eigenvalue weighted by molar-refractivity contribution is 7.91. The quantitative estimate of drug-likeness (QED) is 0.206. The molecule has 1 aromatic heterocycles. The van der Waals surface area contributed by atoms with E-state index in [1.807, 2.05) is 24.3 Å². The Kier molecular flexibility index (Phi) is 9.22. The molecule has 0 spiro atoms. The third kappa shape index (κ3) is 7.35. The molecule has 2 aliphatic rings. The molecule has 1 amide bonds. The van der Waals surface area contributed by atoms with Crippen LogP contribution in [0.3, 0.4) is 0 Å². The zero-order valence-electron chi connectivity index (χ0n) is 23.8. The average molecular weight is 608 g/mol. The highest BCUT2D eigenvalue weighted by Gasteiger charge is 2.23. The molecule has 0 aliphatic carbocycles. The van der Waals surface area contributed by atoms with Gasteiger partial charge in [-0.3, -0.25) is 14.8 Å². The molecule has 3 heterocycles. The van der Waals surface area contributed by atoms with Gasteiger partial charge >= 0.3 is 0 Å². The lowest BCUT2D eigenvalue weighted by molar-refractivity contribution is 0.0904. The number of benzene rings is 3. The molecule has 1 atom stereocenters. The Morgan fingerprint density at radius 3 is 2.56 bits per heavy atom. The summed E-state index contributed by atoms with van der Waals surface area (Å²) >= 11 is -1.19. The van der Waals surface area contributed by atoms with Crippen molar-refractivity contribution < 1.29 is 22.9 Å². The van der Waals surface area contributed by atoms with Crippen molar-refractivity contribution in [3.8, 4) is 0 Å². The van der Waals surface area contributed by atoms with E-state index in [2.05, 4.69) is 25.7 Å². The van der Waals surface area contributed by atoms with Gasteiger partial charge in [0.15, 0.2) is 10.7 Å². The van der Waals surface area contributed by atoms with E-state index in [-0.39, 0.29) is 11.9 Å². The lowest BCUT2D eigenvalue weighted by Crippen LogP contribution is -2.29. The standard InChI is InChI=1S/C32H35F2N5O3S/c33-23-16-22(17-24(34)19-23)15-21-3-6-29-28(18-21)31(38-37-29)36-32(40)27-5-4-26(43(41)14-11-39-9-1-2-10-39)20-30(27)35-25-7-12-42-13-8-25/h3-6,16-20,25,35H,1-2,7-15H2,(H2,36,37,38,40). The number of rotatable bonds is 10. The van der Waals surface area contributed by atoms with Gasteiger partial charge in [-0.1, -0.05) is 6.07 Å². The summed E-state index contributed by atoms with van der Waals surface area (Å²) in [5.41, 5.74) is 3.10. The van der Waals surface area contributed by atoms with Crippen LogP contribution in [0.5, 0.6) is 0 Å². The number of nitrogens with one attached hydrogen (secondary N) is 3. The summed E-state index contributed by atoms with van der Waals surface area (Å²) in [5.74, 6) is -0.707. The van der Waals surface area contributed by atoms with Gasteiger partial charge in [0.2, 0.25) is 0 Å². The first-order valence-electron chi connectivity index (χ1n) is 14.7. The topological polar surface area (TPSA) is 105 Å². The molecule has 3 N–H and O–H groups in total. The molecule has 4 aromatic rings. The third-order valence-electron chi connectivity index (χ3n) is 8.06. The fourth-order valence-electron chi connectivity index (χ4n) is 5.77. The molecule has 1 unspecified atom stereocenters. The van der Waals surface area contributed by atoms with Crippen molar-refractivity contribution in [1.82, 2.24) is 15.1 Å². The zero-order chi connectivity index (χ0) is 29.8. The number of aromatic amines is 1. The minimum absolute atomic E-state index is 0.134. The van der Waals surface area contributed by atoms with Crippen LogP contribution in [0.15, 0.2) is 59.5 Å². The van der Waals surface area contributed by atoms with E-state index in [0.717, 1.165) is 44.1 Å². The van der Waals surface area contributed by atoms with E-state index in [1.165, 1.54) is 25.0 Å². The second-order valence-electron chi connectivity index (χ2n) is 11.2. The largest absolute Gasteiger partial charge is 0.611 e. The number of carbonyl (C=O) groups is 1. The number of H-pyrrole nitrogens is 1. The van der Waals surface area contributed by atoms with Gasteiger partial charge in [0.25, 0.3) is 5.91 Å². The van der Waals surface area contributed by atoms with Crippen molar-refractivity contribution >= 4 is 39.5 Å². The number of aromatic nitrogens is 2. The van der Waals surface area contributed by atoms with E-state index in [1.54, 1.807) is 12.1 Å². The molecule has 2 saturated heterocycles. The number of nitrogens with zero attached hydrogens (tertiary/aromatic N) is 2. The number of carbonyl (C=O) groups excluding carboxylic acids is 1. The van der Waals surface area contributed by atoms with Crippen LogP contribution in [0.2, 0.25) is 0 Å². The van der Waals surface area contributed by atoms with Crippen molar-refractivity contribution in [3.63, 3.8) is 0 Å². The molecule has 2 aliphatic heterocycles. The van der Waals surface area contributed by atoms with Crippen LogP contribution in [0.4, 0.5) is 20.3 Å². The fraction of sp³-hybridized carbons (Fsp3) is 0.375. The molecule has 3 aromatic carbocycles. The van der Waals surface area contributed by atoms with Crippen LogP contribution >= 0.6 is 0 Å². The van der Waals surface area contributed by atoms with Crippen molar-refractivity contribution in [2.45, 2.75) is 43.0 Å². The summed E-state index contributed by atoms with van der Waals surface area (Å²) in [6.45, 7) is 4.19. The van der Waals surface area contributed by atoms with Crippen molar-refractivity contribution in [1.29, 1.82) is 0 Å². The summed E-state index contributed by atoms with van der Waals surface area (Å²) in [7, 11) is 0. The third-order valence-corrected chi connectivity index (χ3v) is 9.39. The molecule has 11 heteroatoms. The number of amides is 1. The molecule has 226 valence electrons. The zero-order valence-corrected chi connectivity index (χ0v) is 24.7. The molecule has 2 fully saturated rings. The maximum absolute atomic E-state index is 13.7. The summed E-state index contributed by atoms with van der Waals surface area (Å²) in [4.78, 5) is 16.7. The molecule has 43 heavy (non-hydrogen) atoms. The lowest BCUT2D eigenvalue weighted by Gasteiger charge is -2.25. The normalized spacial score (nSPS) is 16.9. The van der Waals surface area contributed by atoms with Crippen LogP contribution in [0, 0.1) is 11.6 Å². The maximum Gasteiger partial charge on any atom is 0.258 e. The van der Waals surface area contributed by atoms with E-state index in [9.17, 15) is 18.1 Å². The number of hydrogen-bond acceptors (Lipinski definition) is 6. The molecule has 6 rings (SSSR count). The molecule has 0 bridgehead atoms. The monoisotopic (exact) mass is 607 g/mol. The molecular weight excluding hydrogens is 572 g/mol. The Labute approximate surface area is 252 Å². The summed E-state index contributed by atoms with van der Waals surface area (Å²) in [5, 5.41) is 14.4. The van der Waals surface area contributed by atoms with Crippen molar-refractivity contribution in [2.75, 3.05) is 49.2 Å². The highest BCUT2D eigenvalue weighted by atomic mass is 32.2. The minimum atomic E-state index is -1.19. The highest BCUT2D eigenvalue weighted by Crippen LogP contribution is 2.28. The predicted molar refractivity (Wildman–Crippen MR) is 164 cm³/mol. The van der Waals surface area contributed by atoms with Gasteiger partial charge in [0.1, 0.15) is 17.4 Å². The van der Waals surface area contributed by atoms with Crippen LogP contribution in [0.1, 0.15) is 47.2 Å². The number of hydrogen-bond donors (Lipinski definition) is 3. The van der Waals surface area contributed by atoms with E-state index in [0.29, 0.717) is 63.8 Å². The fourth-order valence-corrected chi connectivity index (χ4v) is 6.90. The minimum Gasteiger partial charge on any atom is -0.611 e. The smallest absolute Gasteiger partial charge is 0.258 e. The number of fused-ring (bicyclic) bond motifs is 1. The number of ether oxygens (including phenoxy) is 1. The van der Waals surface area contributed by atoms with Gasteiger partial charge in [-0.15, -0.1) is 0 Å². The van der Waals surface area contributed by atoms with Gasteiger partial charge in [-0.25, -0.2) is 8.78 Å². The number of halogens is 2. The van der Waals surface area contributed by atoms with E-state index in [4.69, 9.17) is 4.74 Å². The Hall–Kier alpha value is -3.51. The molecule has 0 saturated carbocycles. The van der Waals surface area contributed by atoms with Gasteiger partial charge in [0, 0.05) is 43.3 Å². The van der Waals surface area contributed by atoms with Crippen LogP contribution in [0.25, 0.3) is 10.9 Å². The predicted octanol–water partition coefficient (Wildman–Crippen LogP) is 5.48. The van der Waals surface area contributed by atoms with E-state index >= 15 is 0 Å².